The molecule has 102 valence electrons. The Morgan fingerprint density at radius 2 is 2.05 bits per heavy atom. The van der Waals surface area contributed by atoms with E-state index in [2.05, 4.69) is 54.4 Å². The molecule has 1 heterocycles. The molecule has 1 aliphatic rings. The lowest BCUT2D eigenvalue weighted by Gasteiger charge is -2.24. The zero-order chi connectivity index (χ0) is 14.1. The second kappa shape index (κ2) is 5.46. The minimum absolute atomic E-state index is 0.785. The number of aliphatic imine (C=N–C) groups is 1. The number of hydrazine groups is 1. The van der Waals surface area contributed by atoms with Gasteiger partial charge in [-0.3, -0.25) is 10.4 Å². The maximum absolute atomic E-state index is 5.44. The Labute approximate surface area is 133 Å². The normalized spacial score (nSPS) is 13.7. The van der Waals surface area contributed by atoms with Crippen molar-refractivity contribution in [3.8, 4) is 5.75 Å². The fourth-order valence-corrected chi connectivity index (χ4v) is 3.09. The van der Waals surface area contributed by atoms with Crippen LogP contribution < -0.4 is 15.2 Å². The molecule has 0 unspecified atom stereocenters. The van der Waals surface area contributed by atoms with E-state index in [0.717, 1.165) is 31.2 Å². The molecule has 0 radical (unpaired) electrons. The molecule has 20 heavy (non-hydrogen) atoms. The fraction of sp³-hybridized carbons (Fsp3) is 0.0714. The zero-order valence-corrected chi connectivity index (χ0v) is 13.8. The number of fused-ring (bicyclic) bond motifs is 1. The topological polar surface area (TPSA) is 36.9 Å². The number of anilines is 1. The molecule has 4 nitrogen and oxygen atoms in total. The van der Waals surface area contributed by atoms with Crippen molar-refractivity contribution in [1.82, 2.24) is 5.43 Å². The van der Waals surface area contributed by atoms with E-state index < -0.39 is 0 Å². The zero-order valence-electron chi connectivity index (χ0n) is 10.6. The first-order valence-electron chi connectivity index (χ1n) is 5.90. The van der Waals surface area contributed by atoms with E-state index in [1.807, 2.05) is 23.3 Å². The lowest BCUT2D eigenvalue weighted by Crippen LogP contribution is -2.33. The van der Waals surface area contributed by atoms with Crippen molar-refractivity contribution in [3.63, 3.8) is 0 Å². The van der Waals surface area contributed by atoms with Crippen molar-refractivity contribution < 1.29 is 4.74 Å². The second-order valence-electron chi connectivity index (χ2n) is 4.18. The minimum atomic E-state index is 0.785. The van der Waals surface area contributed by atoms with Crippen LogP contribution in [0.3, 0.4) is 0 Å². The highest BCUT2D eigenvalue weighted by atomic mass is 79.9. The van der Waals surface area contributed by atoms with Gasteiger partial charge in [-0.25, -0.2) is 4.99 Å². The number of rotatable bonds is 2. The fourth-order valence-electron chi connectivity index (χ4n) is 2.10. The van der Waals surface area contributed by atoms with Crippen LogP contribution >= 0.6 is 31.9 Å². The number of ether oxygens (including phenoxy) is 1. The van der Waals surface area contributed by atoms with E-state index in [1.54, 1.807) is 19.6 Å². The largest absolute Gasteiger partial charge is 0.495 e. The van der Waals surface area contributed by atoms with Crippen LogP contribution in [0.2, 0.25) is 0 Å². The molecule has 0 saturated carbocycles. The van der Waals surface area contributed by atoms with Gasteiger partial charge in [0.25, 0.3) is 0 Å². The van der Waals surface area contributed by atoms with Crippen LogP contribution in [0.4, 0.5) is 5.69 Å². The number of halogens is 2. The van der Waals surface area contributed by atoms with Crippen LogP contribution in [0, 0.1) is 0 Å². The van der Waals surface area contributed by atoms with Crippen LogP contribution in [-0.2, 0) is 0 Å². The molecule has 1 N–H and O–H groups in total. The van der Waals surface area contributed by atoms with Gasteiger partial charge in [-0.15, -0.1) is 0 Å². The lowest BCUT2D eigenvalue weighted by molar-refractivity contribution is 0.413. The number of hydrogen-bond acceptors (Lipinski definition) is 4. The van der Waals surface area contributed by atoms with Crippen LogP contribution in [0.5, 0.6) is 5.75 Å². The number of nitrogens with one attached hydrogen (secondary N) is 1. The Balaban J connectivity index is 2.28. The van der Waals surface area contributed by atoms with Gasteiger partial charge in [-0.05, 0) is 28.1 Å². The van der Waals surface area contributed by atoms with Crippen LogP contribution in [0.1, 0.15) is 0 Å². The monoisotopic (exact) mass is 395 g/mol. The predicted molar refractivity (Wildman–Crippen MR) is 89.1 cm³/mol. The molecule has 0 spiro atoms. The van der Waals surface area contributed by atoms with Gasteiger partial charge in [0.1, 0.15) is 12.1 Å². The minimum Gasteiger partial charge on any atom is -0.495 e. The maximum atomic E-state index is 5.44. The molecule has 0 bridgehead atoms. The summed E-state index contributed by atoms with van der Waals surface area (Å²) >= 11 is 7.12. The van der Waals surface area contributed by atoms with Crippen molar-refractivity contribution in [1.29, 1.82) is 0 Å². The highest BCUT2D eigenvalue weighted by Crippen LogP contribution is 2.40. The van der Waals surface area contributed by atoms with Crippen LogP contribution in [0.15, 0.2) is 50.6 Å². The molecule has 0 aliphatic carbocycles. The van der Waals surface area contributed by atoms with Gasteiger partial charge >= 0.3 is 0 Å². The van der Waals surface area contributed by atoms with Gasteiger partial charge in [0, 0.05) is 33.7 Å². The van der Waals surface area contributed by atoms with Crippen molar-refractivity contribution >= 4 is 54.7 Å². The molecule has 0 atom stereocenters. The number of hydrogen-bond donors (Lipinski definition) is 1. The molecular weight excluding hydrogens is 386 g/mol. The molecule has 0 aromatic heterocycles. The first kappa shape index (κ1) is 13.5. The first-order chi connectivity index (χ1) is 9.70. The van der Waals surface area contributed by atoms with Crippen molar-refractivity contribution in [3.05, 3.63) is 45.6 Å². The molecule has 0 fully saturated rings. The van der Waals surface area contributed by atoms with Crippen LogP contribution in [0.25, 0.3) is 10.8 Å². The smallest absolute Gasteiger partial charge is 0.135 e. The maximum Gasteiger partial charge on any atom is 0.135 e. The van der Waals surface area contributed by atoms with Gasteiger partial charge in [-0.2, -0.15) is 0 Å². The Morgan fingerprint density at radius 3 is 2.75 bits per heavy atom. The molecular formula is C14H11Br2N3O. The average molecular weight is 397 g/mol. The Morgan fingerprint density at radius 1 is 1.20 bits per heavy atom. The SMILES string of the molecule is COc1cc(N2C=CN=CN2)c2cc(Br)ccc2c1Br. The van der Waals surface area contributed by atoms with E-state index in [1.165, 1.54) is 0 Å². The van der Waals surface area contributed by atoms with Gasteiger partial charge in [0.05, 0.1) is 17.3 Å². The number of methoxy groups -OCH3 is 1. The average Bonchev–Trinajstić information content (AvgIpc) is 2.48. The number of benzene rings is 2. The number of nitrogens with zero attached hydrogens (tertiary/aromatic N) is 2. The molecule has 2 aromatic carbocycles. The first-order valence-corrected chi connectivity index (χ1v) is 7.49. The Bertz CT molecular complexity index is 728. The van der Waals surface area contributed by atoms with Crippen molar-refractivity contribution in [2.45, 2.75) is 0 Å². The summed E-state index contributed by atoms with van der Waals surface area (Å²) in [5.41, 5.74) is 4.08. The molecule has 0 saturated heterocycles. The third-order valence-corrected chi connectivity index (χ3v) is 4.34. The predicted octanol–water partition coefficient (Wildman–Crippen LogP) is 4.20. The van der Waals surface area contributed by atoms with E-state index in [9.17, 15) is 0 Å². The van der Waals surface area contributed by atoms with Crippen molar-refractivity contribution in [2.75, 3.05) is 12.1 Å². The molecule has 0 amide bonds. The Kier molecular flexibility index (Phi) is 3.67. The molecule has 6 heteroatoms. The van der Waals surface area contributed by atoms with E-state index in [-0.39, 0.29) is 0 Å². The van der Waals surface area contributed by atoms with Gasteiger partial charge < -0.3 is 4.74 Å². The van der Waals surface area contributed by atoms with E-state index >= 15 is 0 Å². The standard InChI is InChI=1S/C14H11Br2N3O/c1-20-13-7-12(19-5-4-17-8-18-19)11-6-9(15)2-3-10(11)14(13)16/h2-8H,1H3,(H,17,18). The lowest BCUT2D eigenvalue weighted by atomic mass is 10.1. The van der Waals surface area contributed by atoms with E-state index in [4.69, 9.17) is 4.74 Å². The summed E-state index contributed by atoms with van der Waals surface area (Å²) in [4.78, 5) is 4.00. The summed E-state index contributed by atoms with van der Waals surface area (Å²) in [5, 5.41) is 4.08. The van der Waals surface area contributed by atoms with Crippen molar-refractivity contribution in [2.24, 2.45) is 4.99 Å². The summed E-state index contributed by atoms with van der Waals surface area (Å²) in [6.45, 7) is 0. The summed E-state index contributed by atoms with van der Waals surface area (Å²) in [6, 6.07) is 8.13. The summed E-state index contributed by atoms with van der Waals surface area (Å²) in [6.07, 6.45) is 5.23. The molecule has 1 aliphatic heterocycles. The van der Waals surface area contributed by atoms with Gasteiger partial charge in [0.2, 0.25) is 0 Å². The quantitative estimate of drug-likeness (QED) is 0.826. The third kappa shape index (κ3) is 2.29. The highest BCUT2D eigenvalue weighted by molar-refractivity contribution is 9.11. The molecule has 2 aromatic rings. The van der Waals surface area contributed by atoms with Crippen LogP contribution in [-0.4, -0.2) is 13.4 Å². The molecule has 3 rings (SSSR count). The summed E-state index contributed by atoms with van der Waals surface area (Å²) in [5.74, 6) is 0.785. The second-order valence-corrected chi connectivity index (χ2v) is 5.89. The van der Waals surface area contributed by atoms with Gasteiger partial charge in [-0.1, -0.05) is 22.0 Å². The third-order valence-electron chi connectivity index (χ3n) is 3.03. The summed E-state index contributed by atoms with van der Waals surface area (Å²) in [7, 11) is 1.66. The van der Waals surface area contributed by atoms with E-state index in [0.29, 0.717) is 0 Å². The highest BCUT2D eigenvalue weighted by Gasteiger charge is 2.15. The van der Waals surface area contributed by atoms with Gasteiger partial charge in [0.15, 0.2) is 0 Å². The Hall–Kier alpha value is -1.53. The summed E-state index contributed by atoms with van der Waals surface area (Å²) < 4.78 is 7.42.